The molecule has 0 aliphatic heterocycles. The average Bonchev–Trinajstić information content (AvgIpc) is 2.25. The molecule has 0 amide bonds. The van der Waals surface area contributed by atoms with Gasteiger partial charge in [-0.15, -0.1) is 0 Å². The van der Waals surface area contributed by atoms with E-state index >= 15 is 0 Å². The Kier molecular flexibility index (Phi) is 5.29. The van der Waals surface area contributed by atoms with E-state index in [-0.39, 0.29) is 5.97 Å². The Morgan fingerprint density at radius 3 is 2.50 bits per heavy atom. The van der Waals surface area contributed by atoms with Crippen LogP contribution in [0.5, 0.6) is 0 Å². The van der Waals surface area contributed by atoms with Crippen molar-refractivity contribution in [1.82, 2.24) is 0 Å². The number of carbonyl (C=O) groups excluding carboxylic acids is 1. The van der Waals surface area contributed by atoms with Crippen molar-refractivity contribution >= 4 is 17.6 Å². The number of quaternary nitrogens is 1. The Bertz CT molecular complexity index is 335. The number of hydrogen-bond acceptors (Lipinski definition) is 2. The van der Waals surface area contributed by atoms with Gasteiger partial charge in [0.1, 0.15) is 0 Å². The summed E-state index contributed by atoms with van der Waals surface area (Å²) in [5.74, 6) is -0.287. The Morgan fingerprint density at radius 2 is 1.94 bits per heavy atom. The third-order valence-electron chi connectivity index (χ3n) is 2.13. The van der Waals surface area contributed by atoms with Gasteiger partial charge >= 0.3 is 5.97 Å². The molecule has 1 N–H and O–H groups in total. The van der Waals surface area contributed by atoms with Crippen LogP contribution in [0, 0.1) is 0 Å². The lowest BCUT2D eigenvalue weighted by Gasteiger charge is -2.07. The fourth-order valence-corrected chi connectivity index (χ4v) is 1.39. The summed E-state index contributed by atoms with van der Waals surface area (Å²) in [6, 6.07) is 6.70. The Balaban J connectivity index is 2.32. The molecule has 0 aliphatic rings. The normalized spacial score (nSPS) is 10.5. The fraction of sp³-hybridized carbons (Fsp3) is 0.417. The summed E-state index contributed by atoms with van der Waals surface area (Å²) in [5.41, 5.74) is 0.543. The van der Waals surface area contributed by atoms with Crippen molar-refractivity contribution in [3.05, 3.63) is 34.9 Å². The topological polar surface area (TPSA) is 30.7 Å². The van der Waals surface area contributed by atoms with E-state index in [0.29, 0.717) is 17.2 Å². The molecular weight excluding hydrogens is 226 g/mol. The second-order valence-corrected chi connectivity index (χ2v) is 4.39. The number of hydrogen-bond donors (Lipinski definition) is 1. The van der Waals surface area contributed by atoms with Gasteiger partial charge in [0.05, 0.1) is 32.8 Å². The summed E-state index contributed by atoms with van der Waals surface area (Å²) in [6.45, 7) is 1.46. The van der Waals surface area contributed by atoms with E-state index in [0.717, 1.165) is 13.0 Å². The van der Waals surface area contributed by atoms with Gasteiger partial charge in [-0.2, -0.15) is 0 Å². The van der Waals surface area contributed by atoms with E-state index in [1.165, 1.54) is 4.90 Å². The lowest BCUT2D eigenvalue weighted by molar-refractivity contribution is -0.858. The lowest BCUT2D eigenvalue weighted by atomic mass is 10.2. The molecule has 0 radical (unpaired) electrons. The highest BCUT2D eigenvalue weighted by atomic mass is 35.5. The van der Waals surface area contributed by atoms with Crippen LogP contribution in [0.25, 0.3) is 0 Å². The molecule has 3 nitrogen and oxygen atoms in total. The van der Waals surface area contributed by atoms with E-state index in [9.17, 15) is 4.79 Å². The highest BCUT2D eigenvalue weighted by molar-refractivity contribution is 6.30. The molecule has 1 rings (SSSR count). The number of ether oxygens (including phenoxy) is 1. The van der Waals surface area contributed by atoms with Crippen LogP contribution >= 0.6 is 11.6 Å². The highest BCUT2D eigenvalue weighted by Gasteiger charge is 2.06. The van der Waals surface area contributed by atoms with Crippen molar-refractivity contribution in [3.63, 3.8) is 0 Å². The van der Waals surface area contributed by atoms with Gasteiger partial charge in [-0.25, -0.2) is 4.79 Å². The van der Waals surface area contributed by atoms with Gasteiger partial charge in [-0.05, 0) is 24.3 Å². The fourth-order valence-electron chi connectivity index (χ4n) is 1.26. The predicted molar refractivity (Wildman–Crippen MR) is 64.0 cm³/mol. The number of rotatable bonds is 5. The summed E-state index contributed by atoms with van der Waals surface area (Å²) >= 11 is 5.72. The maximum Gasteiger partial charge on any atom is 0.338 e. The van der Waals surface area contributed by atoms with Crippen LogP contribution in [0.2, 0.25) is 5.02 Å². The van der Waals surface area contributed by atoms with Crippen molar-refractivity contribution in [1.29, 1.82) is 0 Å². The van der Waals surface area contributed by atoms with Gasteiger partial charge in [0.25, 0.3) is 0 Å². The van der Waals surface area contributed by atoms with Crippen molar-refractivity contribution in [2.45, 2.75) is 6.42 Å². The quantitative estimate of drug-likeness (QED) is 0.618. The van der Waals surface area contributed by atoms with Crippen LogP contribution in [0.1, 0.15) is 16.8 Å². The van der Waals surface area contributed by atoms with Gasteiger partial charge in [-0.3, -0.25) is 0 Å². The third-order valence-corrected chi connectivity index (χ3v) is 2.39. The van der Waals surface area contributed by atoms with Crippen LogP contribution in [-0.2, 0) is 4.74 Å². The summed E-state index contributed by atoms with van der Waals surface area (Å²) < 4.78 is 5.12. The van der Waals surface area contributed by atoms with E-state index < -0.39 is 0 Å². The second kappa shape index (κ2) is 6.51. The number of benzene rings is 1. The molecule has 0 bridgehead atoms. The molecule has 1 aromatic carbocycles. The molecule has 0 heterocycles. The van der Waals surface area contributed by atoms with Crippen LogP contribution in [-0.4, -0.2) is 33.2 Å². The smallest absolute Gasteiger partial charge is 0.338 e. The minimum atomic E-state index is -0.287. The molecule has 88 valence electrons. The zero-order chi connectivity index (χ0) is 12.0. The zero-order valence-corrected chi connectivity index (χ0v) is 10.4. The maximum atomic E-state index is 11.5. The maximum absolute atomic E-state index is 11.5. The molecular formula is C12H17ClNO2+. The van der Waals surface area contributed by atoms with Crippen molar-refractivity contribution < 1.29 is 14.4 Å². The van der Waals surface area contributed by atoms with Crippen LogP contribution < -0.4 is 4.90 Å². The Labute approximate surface area is 101 Å². The molecule has 0 saturated heterocycles. The number of halogens is 1. The van der Waals surface area contributed by atoms with Gasteiger partial charge in [-0.1, -0.05) is 11.6 Å². The van der Waals surface area contributed by atoms with Gasteiger partial charge in [0.15, 0.2) is 0 Å². The Hall–Kier alpha value is -1.06. The first kappa shape index (κ1) is 13.0. The van der Waals surface area contributed by atoms with Gasteiger partial charge in [0.2, 0.25) is 0 Å². The summed E-state index contributed by atoms with van der Waals surface area (Å²) in [6.07, 6.45) is 0.877. The van der Waals surface area contributed by atoms with Crippen molar-refractivity contribution in [3.8, 4) is 0 Å². The van der Waals surface area contributed by atoms with Crippen LogP contribution in [0.3, 0.4) is 0 Å². The molecule has 0 spiro atoms. The SMILES string of the molecule is C[NH+](C)CCCOC(=O)c1ccc(Cl)cc1. The largest absolute Gasteiger partial charge is 0.462 e. The van der Waals surface area contributed by atoms with Crippen molar-refractivity contribution in [2.24, 2.45) is 0 Å². The second-order valence-electron chi connectivity index (χ2n) is 3.95. The molecule has 4 heteroatoms. The number of carbonyl (C=O) groups is 1. The van der Waals surface area contributed by atoms with Crippen LogP contribution in [0.15, 0.2) is 24.3 Å². The molecule has 0 fully saturated rings. The Morgan fingerprint density at radius 1 is 1.31 bits per heavy atom. The minimum Gasteiger partial charge on any atom is -0.462 e. The molecule has 0 unspecified atom stereocenters. The average molecular weight is 243 g/mol. The molecule has 0 aliphatic carbocycles. The van der Waals surface area contributed by atoms with E-state index in [4.69, 9.17) is 16.3 Å². The predicted octanol–water partition coefficient (Wildman–Crippen LogP) is 1.03. The lowest BCUT2D eigenvalue weighted by Crippen LogP contribution is -3.05. The first-order chi connectivity index (χ1) is 7.59. The first-order valence-electron chi connectivity index (χ1n) is 5.31. The third kappa shape index (κ3) is 4.64. The van der Waals surface area contributed by atoms with E-state index in [2.05, 4.69) is 14.1 Å². The van der Waals surface area contributed by atoms with Gasteiger partial charge in [0, 0.05) is 11.4 Å². The summed E-state index contributed by atoms with van der Waals surface area (Å²) in [5, 5.41) is 0.618. The minimum absolute atomic E-state index is 0.287. The molecule has 0 aromatic heterocycles. The molecule has 0 atom stereocenters. The number of nitrogens with one attached hydrogen (secondary N) is 1. The number of esters is 1. The summed E-state index contributed by atoms with van der Waals surface area (Å²) in [4.78, 5) is 12.9. The standard InChI is InChI=1S/C12H16ClNO2/c1-14(2)8-3-9-16-12(15)10-4-6-11(13)7-5-10/h4-7H,3,8-9H2,1-2H3/p+1. The van der Waals surface area contributed by atoms with E-state index in [1.54, 1.807) is 24.3 Å². The molecule has 0 saturated carbocycles. The molecule has 1 aromatic rings. The highest BCUT2D eigenvalue weighted by Crippen LogP contribution is 2.10. The van der Waals surface area contributed by atoms with E-state index in [1.807, 2.05) is 0 Å². The zero-order valence-electron chi connectivity index (χ0n) is 9.63. The van der Waals surface area contributed by atoms with Gasteiger partial charge < -0.3 is 9.64 Å². The summed E-state index contributed by atoms with van der Waals surface area (Å²) in [7, 11) is 4.14. The van der Waals surface area contributed by atoms with Crippen molar-refractivity contribution in [2.75, 3.05) is 27.2 Å². The monoisotopic (exact) mass is 242 g/mol. The molecule has 16 heavy (non-hydrogen) atoms. The first-order valence-corrected chi connectivity index (χ1v) is 5.69. The van der Waals surface area contributed by atoms with Crippen LogP contribution in [0.4, 0.5) is 0 Å².